The third-order valence-electron chi connectivity index (χ3n) is 2.07. The lowest BCUT2D eigenvalue weighted by Gasteiger charge is -2.17. The highest BCUT2D eigenvalue weighted by Gasteiger charge is 2.08. The van der Waals surface area contributed by atoms with E-state index in [0.717, 1.165) is 0 Å². The second-order valence-corrected chi connectivity index (χ2v) is 5.48. The van der Waals surface area contributed by atoms with Crippen molar-refractivity contribution in [2.75, 3.05) is 0 Å². The first kappa shape index (κ1) is 12.7. The van der Waals surface area contributed by atoms with E-state index in [4.69, 9.17) is 0 Å². The van der Waals surface area contributed by atoms with Gasteiger partial charge in [0.25, 0.3) is 0 Å². The van der Waals surface area contributed by atoms with Gasteiger partial charge >= 0.3 is 0 Å². The van der Waals surface area contributed by atoms with E-state index in [9.17, 15) is 0 Å². The van der Waals surface area contributed by atoms with E-state index in [2.05, 4.69) is 46.8 Å². The fraction of sp³-hybridized carbons (Fsp3) is 0.846. The van der Waals surface area contributed by atoms with Gasteiger partial charge < -0.3 is 0 Å². The first-order valence-electron chi connectivity index (χ1n) is 5.58. The Morgan fingerprint density at radius 3 is 2.15 bits per heavy atom. The Morgan fingerprint density at radius 2 is 1.69 bits per heavy atom. The van der Waals surface area contributed by atoms with Crippen LogP contribution in [0.4, 0.5) is 0 Å². The molecule has 13 heavy (non-hydrogen) atoms. The topological polar surface area (TPSA) is 0 Å². The number of allylic oxidation sites excluding steroid dienone is 2. The molecule has 0 aliphatic rings. The maximum absolute atomic E-state index is 2.33. The molecular formula is C13H26. The largest absolute Gasteiger partial charge is 0.0883 e. The Labute approximate surface area is 84.4 Å². The molecule has 0 nitrogen and oxygen atoms in total. The minimum Gasteiger partial charge on any atom is -0.0883 e. The Balaban J connectivity index is 3.27. The summed E-state index contributed by atoms with van der Waals surface area (Å²) in [4.78, 5) is 0. The minimum absolute atomic E-state index is 0.516. The standard InChI is InChI=1S/C13H26/c1-12(2)10-8-6-7-9-11-13(3,4)5/h8,10,12H,6-7,9,11H2,1-5H3/b10-8+. The molecule has 0 N–H and O–H groups in total. The van der Waals surface area contributed by atoms with Crippen molar-refractivity contribution in [1.82, 2.24) is 0 Å². The van der Waals surface area contributed by atoms with Gasteiger partial charge in [0, 0.05) is 0 Å². The smallest absolute Gasteiger partial charge is 0.0290 e. The van der Waals surface area contributed by atoms with Crippen molar-refractivity contribution in [3.05, 3.63) is 12.2 Å². The van der Waals surface area contributed by atoms with E-state index < -0.39 is 0 Å². The summed E-state index contributed by atoms with van der Waals surface area (Å²) in [5.41, 5.74) is 0.516. The fourth-order valence-corrected chi connectivity index (χ4v) is 1.29. The predicted octanol–water partition coefficient (Wildman–Crippen LogP) is 4.81. The van der Waals surface area contributed by atoms with Crippen molar-refractivity contribution in [2.45, 2.75) is 60.3 Å². The second-order valence-electron chi connectivity index (χ2n) is 5.48. The van der Waals surface area contributed by atoms with Gasteiger partial charge in [-0.05, 0) is 30.6 Å². The van der Waals surface area contributed by atoms with Gasteiger partial charge in [0.05, 0.1) is 0 Å². The summed E-state index contributed by atoms with van der Waals surface area (Å²) in [7, 11) is 0. The maximum atomic E-state index is 2.33. The van der Waals surface area contributed by atoms with Crippen LogP contribution in [-0.2, 0) is 0 Å². The molecule has 0 spiro atoms. The van der Waals surface area contributed by atoms with Gasteiger partial charge in [-0.15, -0.1) is 0 Å². The molecule has 0 rings (SSSR count). The molecule has 0 unspecified atom stereocenters. The quantitative estimate of drug-likeness (QED) is 0.423. The lowest BCUT2D eigenvalue weighted by Crippen LogP contribution is -2.03. The zero-order valence-corrected chi connectivity index (χ0v) is 10.1. The van der Waals surface area contributed by atoms with Crippen molar-refractivity contribution in [3.63, 3.8) is 0 Å². The first-order chi connectivity index (χ1) is 5.92. The maximum Gasteiger partial charge on any atom is -0.0290 e. The van der Waals surface area contributed by atoms with Crippen LogP contribution in [0, 0.1) is 11.3 Å². The SMILES string of the molecule is CC(C)/C=C/CCCCC(C)(C)C. The molecule has 78 valence electrons. The molecule has 0 atom stereocenters. The van der Waals surface area contributed by atoms with Crippen LogP contribution >= 0.6 is 0 Å². The molecule has 0 aliphatic carbocycles. The van der Waals surface area contributed by atoms with Gasteiger partial charge in [0.2, 0.25) is 0 Å². The number of hydrogen-bond donors (Lipinski definition) is 0. The molecule has 0 aromatic heterocycles. The Bertz CT molecular complexity index is 135. The zero-order chi connectivity index (χ0) is 10.3. The molecule has 0 fully saturated rings. The average molecular weight is 182 g/mol. The van der Waals surface area contributed by atoms with Crippen molar-refractivity contribution < 1.29 is 0 Å². The van der Waals surface area contributed by atoms with Gasteiger partial charge in [-0.2, -0.15) is 0 Å². The van der Waals surface area contributed by atoms with E-state index in [1.54, 1.807) is 0 Å². The van der Waals surface area contributed by atoms with Crippen LogP contribution in [-0.4, -0.2) is 0 Å². The van der Waals surface area contributed by atoms with Crippen LogP contribution in [0.15, 0.2) is 12.2 Å². The van der Waals surface area contributed by atoms with Crippen molar-refractivity contribution >= 4 is 0 Å². The van der Waals surface area contributed by atoms with Gasteiger partial charge in [-0.3, -0.25) is 0 Å². The zero-order valence-electron chi connectivity index (χ0n) is 10.1. The van der Waals surface area contributed by atoms with E-state index in [-0.39, 0.29) is 0 Å². The highest BCUT2D eigenvalue weighted by molar-refractivity contribution is 4.84. The van der Waals surface area contributed by atoms with E-state index in [0.29, 0.717) is 11.3 Å². The van der Waals surface area contributed by atoms with E-state index in [1.807, 2.05) is 0 Å². The lowest BCUT2D eigenvalue weighted by molar-refractivity contribution is 0.361. The van der Waals surface area contributed by atoms with Gasteiger partial charge in [0.1, 0.15) is 0 Å². The Morgan fingerprint density at radius 1 is 1.08 bits per heavy atom. The molecule has 0 heteroatoms. The van der Waals surface area contributed by atoms with Crippen molar-refractivity contribution in [1.29, 1.82) is 0 Å². The Kier molecular flexibility index (Phi) is 6.11. The highest BCUT2D eigenvalue weighted by atomic mass is 14.1. The molecule has 0 amide bonds. The highest BCUT2D eigenvalue weighted by Crippen LogP contribution is 2.21. The summed E-state index contributed by atoms with van der Waals surface area (Å²) >= 11 is 0. The Hall–Kier alpha value is -0.260. The van der Waals surface area contributed by atoms with Gasteiger partial charge in [-0.25, -0.2) is 0 Å². The molecule has 0 saturated carbocycles. The minimum atomic E-state index is 0.516. The molecule has 0 heterocycles. The van der Waals surface area contributed by atoms with Crippen LogP contribution in [0.1, 0.15) is 60.3 Å². The summed E-state index contributed by atoms with van der Waals surface area (Å²) in [5.74, 6) is 0.711. The first-order valence-corrected chi connectivity index (χ1v) is 5.58. The molecule has 0 radical (unpaired) electrons. The third kappa shape index (κ3) is 11.7. The van der Waals surface area contributed by atoms with Crippen LogP contribution in [0.5, 0.6) is 0 Å². The lowest BCUT2D eigenvalue weighted by atomic mass is 9.89. The number of hydrogen-bond acceptors (Lipinski definition) is 0. The number of unbranched alkanes of at least 4 members (excludes halogenated alkanes) is 2. The van der Waals surface area contributed by atoms with Crippen LogP contribution in [0.3, 0.4) is 0 Å². The molecule has 0 bridgehead atoms. The summed E-state index contributed by atoms with van der Waals surface area (Å²) in [6.07, 6.45) is 9.95. The molecule has 0 aromatic carbocycles. The van der Waals surface area contributed by atoms with E-state index >= 15 is 0 Å². The monoisotopic (exact) mass is 182 g/mol. The third-order valence-corrected chi connectivity index (χ3v) is 2.07. The summed E-state index contributed by atoms with van der Waals surface area (Å²) in [6.45, 7) is 11.4. The van der Waals surface area contributed by atoms with Crippen LogP contribution in [0.25, 0.3) is 0 Å². The molecule has 0 aliphatic heterocycles. The fourth-order valence-electron chi connectivity index (χ4n) is 1.29. The molecule has 0 saturated heterocycles. The second kappa shape index (κ2) is 6.23. The van der Waals surface area contributed by atoms with Crippen LogP contribution < -0.4 is 0 Å². The average Bonchev–Trinajstić information content (AvgIpc) is 1.93. The molecular weight excluding hydrogens is 156 g/mol. The van der Waals surface area contributed by atoms with Crippen molar-refractivity contribution in [3.8, 4) is 0 Å². The van der Waals surface area contributed by atoms with Crippen molar-refractivity contribution in [2.24, 2.45) is 11.3 Å². The van der Waals surface area contributed by atoms with Crippen LogP contribution in [0.2, 0.25) is 0 Å². The summed E-state index contributed by atoms with van der Waals surface area (Å²) in [5, 5.41) is 0. The summed E-state index contributed by atoms with van der Waals surface area (Å²) in [6, 6.07) is 0. The van der Waals surface area contributed by atoms with Gasteiger partial charge in [0.15, 0.2) is 0 Å². The number of rotatable bonds is 5. The van der Waals surface area contributed by atoms with Gasteiger partial charge in [-0.1, -0.05) is 53.2 Å². The molecule has 0 aromatic rings. The van der Waals surface area contributed by atoms with E-state index in [1.165, 1.54) is 25.7 Å². The predicted molar refractivity (Wildman–Crippen MR) is 61.9 cm³/mol. The normalized spacial score (nSPS) is 13.1. The summed E-state index contributed by atoms with van der Waals surface area (Å²) < 4.78 is 0.